The van der Waals surface area contributed by atoms with E-state index in [9.17, 15) is 24.6 Å². The standard InChI is InChI=1S/C16H17N3O6/c1-19-14(22)11(13(21)18-16(19)24)8-17-12(15(23)25-2)7-9-3-5-10(20)6-4-9/h3-6,8,12,20,22H,7H2,1-2H3,(H,18,21,24)/t12-/m1/s1. The number of rotatable bonds is 5. The van der Waals surface area contributed by atoms with Gasteiger partial charge in [-0.3, -0.25) is 19.3 Å². The van der Waals surface area contributed by atoms with Crippen molar-refractivity contribution in [2.75, 3.05) is 7.11 Å². The fourth-order valence-electron chi connectivity index (χ4n) is 2.10. The molecule has 0 amide bonds. The van der Waals surface area contributed by atoms with E-state index in [-0.39, 0.29) is 17.7 Å². The van der Waals surface area contributed by atoms with Crippen LogP contribution in [-0.4, -0.2) is 45.1 Å². The first kappa shape index (κ1) is 18.0. The van der Waals surface area contributed by atoms with E-state index in [1.54, 1.807) is 12.1 Å². The number of aliphatic imine (C=N–C) groups is 1. The summed E-state index contributed by atoms with van der Waals surface area (Å²) in [6, 6.07) is 5.22. The molecule has 9 heteroatoms. The highest BCUT2D eigenvalue weighted by molar-refractivity contribution is 5.85. The molecular formula is C16H17N3O6. The fraction of sp³-hybridized carbons (Fsp3) is 0.250. The van der Waals surface area contributed by atoms with Crippen LogP contribution in [0.15, 0.2) is 38.8 Å². The first-order valence-electron chi connectivity index (χ1n) is 7.24. The number of phenolic OH excluding ortho intramolecular Hbond substituents is 1. The minimum Gasteiger partial charge on any atom is -0.508 e. The second kappa shape index (κ2) is 7.47. The van der Waals surface area contributed by atoms with Crippen LogP contribution in [0.5, 0.6) is 11.6 Å². The van der Waals surface area contributed by atoms with Crippen LogP contribution < -0.4 is 11.2 Å². The van der Waals surface area contributed by atoms with E-state index < -0.39 is 29.1 Å². The second-order valence-corrected chi connectivity index (χ2v) is 5.24. The topological polar surface area (TPSA) is 134 Å². The summed E-state index contributed by atoms with van der Waals surface area (Å²) in [4.78, 5) is 41.1. The highest BCUT2D eigenvalue weighted by Gasteiger charge is 2.19. The summed E-state index contributed by atoms with van der Waals surface area (Å²) in [5.74, 6) is -1.11. The molecule has 0 saturated carbocycles. The molecule has 0 bridgehead atoms. The van der Waals surface area contributed by atoms with Crippen LogP contribution in [0.3, 0.4) is 0 Å². The SMILES string of the molecule is COC(=O)[C@@H](Cc1ccc(O)cc1)N=Cc1c(O)n(C)c(=O)[nH]c1=O. The minimum absolute atomic E-state index is 0.0866. The number of esters is 1. The Morgan fingerprint density at radius 1 is 1.32 bits per heavy atom. The Labute approximate surface area is 141 Å². The van der Waals surface area contributed by atoms with Gasteiger partial charge in [-0.1, -0.05) is 12.1 Å². The van der Waals surface area contributed by atoms with Crippen LogP contribution in [0, 0.1) is 0 Å². The van der Waals surface area contributed by atoms with Crippen LogP contribution in [0.2, 0.25) is 0 Å². The number of carbonyl (C=O) groups excluding carboxylic acids is 1. The molecule has 1 aromatic carbocycles. The smallest absolute Gasteiger partial charge is 0.330 e. The molecule has 9 nitrogen and oxygen atoms in total. The van der Waals surface area contributed by atoms with Gasteiger partial charge in [-0.15, -0.1) is 0 Å². The highest BCUT2D eigenvalue weighted by atomic mass is 16.5. The van der Waals surface area contributed by atoms with Crippen molar-refractivity contribution in [3.05, 3.63) is 56.2 Å². The zero-order valence-electron chi connectivity index (χ0n) is 13.6. The lowest BCUT2D eigenvalue weighted by molar-refractivity contribution is -0.142. The van der Waals surface area contributed by atoms with Crippen LogP contribution in [0.25, 0.3) is 0 Å². The minimum atomic E-state index is -0.967. The Morgan fingerprint density at radius 3 is 2.56 bits per heavy atom. The molecule has 0 unspecified atom stereocenters. The van der Waals surface area contributed by atoms with Crippen molar-refractivity contribution in [1.82, 2.24) is 9.55 Å². The number of hydrogen-bond acceptors (Lipinski definition) is 7. The molecule has 0 spiro atoms. The summed E-state index contributed by atoms with van der Waals surface area (Å²) in [5, 5.41) is 19.2. The normalized spacial score (nSPS) is 12.2. The number of phenols is 1. The zero-order valence-corrected chi connectivity index (χ0v) is 13.6. The number of methoxy groups -OCH3 is 1. The van der Waals surface area contributed by atoms with Crippen molar-refractivity contribution >= 4 is 12.2 Å². The van der Waals surface area contributed by atoms with Crippen LogP contribution in [0.1, 0.15) is 11.1 Å². The predicted molar refractivity (Wildman–Crippen MR) is 89.2 cm³/mol. The zero-order chi connectivity index (χ0) is 18.6. The summed E-state index contributed by atoms with van der Waals surface area (Å²) >= 11 is 0. The third-order valence-electron chi connectivity index (χ3n) is 3.55. The first-order chi connectivity index (χ1) is 11.8. The molecule has 1 heterocycles. The van der Waals surface area contributed by atoms with Gasteiger partial charge in [0.05, 0.1) is 7.11 Å². The lowest BCUT2D eigenvalue weighted by Crippen LogP contribution is -2.31. The molecule has 1 atom stereocenters. The van der Waals surface area contributed by atoms with E-state index in [0.717, 1.165) is 10.8 Å². The van der Waals surface area contributed by atoms with Gasteiger partial charge in [0.25, 0.3) is 5.56 Å². The van der Waals surface area contributed by atoms with Gasteiger partial charge in [0.2, 0.25) is 5.88 Å². The Morgan fingerprint density at radius 2 is 1.96 bits per heavy atom. The second-order valence-electron chi connectivity index (χ2n) is 5.24. The third kappa shape index (κ3) is 4.14. The van der Waals surface area contributed by atoms with E-state index >= 15 is 0 Å². The molecule has 1 aromatic heterocycles. The number of benzene rings is 1. The quantitative estimate of drug-likeness (QED) is 0.502. The van der Waals surface area contributed by atoms with Crippen molar-refractivity contribution in [2.45, 2.75) is 12.5 Å². The van der Waals surface area contributed by atoms with Crippen molar-refractivity contribution < 1.29 is 19.7 Å². The van der Waals surface area contributed by atoms with Gasteiger partial charge in [0.1, 0.15) is 11.3 Å². The summed E-state index contributed by atoms with van der Waals surface area (Å²) in [5.41, 5.74) is -1.13. The van der Waals surface area contributed by atoms with Gasteiger partial charge in [0, 0.05) is 19.7 Å². The molecule has 0 aliphatic heterocycles. The van der Waals surface area contributed by atoms with Gasteiger partial charge < -0.3 is 14.9 Å². The van der Waals surface area contributed by atoms with E-state index in [1.165, 1.54) is 26.3 Å². The average molecular weight is 347 g/mol. The van der Waals surface area contributed by atoms with Gasteiger partial charge in [-0.2, -0.15) is 0 Å². The Bertz CT molecular complexity index is 911. The van der Waals surface area contributed by atoms with Gasteiger partial charge >= 0.3 is 11.7 Å². The number of H-pyrrole nitrogens is 1. The molecule has 0 aliphatic rings. The lowest BCUT2D eigenvalue weighted by atomic mass is 10.1. The summed E-state index contributed by atoms with van der Waals surface area (Å²) in [6.07, 6.45) is 1.18. The number of aromatic nitrogens is 2. The molecule has 0 saturated heterocycles. The molecule has 132 valence electrons. The Balaban J connectivity index is 2.34. The number of carbonyl (C=O) groups is 1. The fourth-order valence-corrected chi connectivity index (χ4v) is 2.10. The van der Waals surface area contributed by atoms with Gasteiger partial charge in [0.15, 0.2) is 6.04 Å². The molecule has 2 aromatic rings. The maximum Gasteiger partial charge on any atom is 0.330 e. The maximum absolute atomic E-state index is 11.9. The molecular weight excluding hydrogens is 330 g/mol. The molecule has 0 aliphatic carbocycles. The Kier molecular flexibility index (Phi) is 5.38. The number of nitrogens with zero attached hydrogens (tertiary/aromatic N) is 2. The van der Waals surface area contributed by atoms with E-state index in [1.807, 2.05) is 4.98 Å². The number of aromatic amines is 1. The van der Waals surface area contributed by atoms with Crippen LogP contribution in [-0.2, 0) is 23.0 Å². The monoisotopic (exact) mass is 347 g/mol. The van der Waals surface area contributed by atoms with E-state index in [0.29, 0.717) is 5.56 Å². The van der Waals surface area contributed by atoms with E-state index in [4.69, 9.17) is 4.74 Å². The number of aromatic hydroxyl groups is 2. The average Bonchev–Trinajstić information content (AvgIpc) is 2.59. The molecule has 25 heavy (non-hydrogen) atoms. The van der Waals surface area contributed by atoms with Crippen molar-refractivity contribution in [2.24, 2.45) is 12.0 Å². The van der Waals surface area contributed by atoms with E-state index in [2.05, 4.69) is 4.99 Å². The highest BCUT2D eigenvalue weighted by Crippen LogP contribution is 2.13. The largest absolute Gasteiger partial charge is 0.508 e. The molecule has 2 rings (SSSR count). The molecule has 0 radical (unpaired) electrons. The molecule has 0 fully saturated rings. The van der Waals surface area contributed by atoms with Crippen molar-refractivity contribution in [3.63, 3.8) is 0 Å². The first-order valence-corrected chi connectivity index (χ1v) is 7.24. The third-order valence-corrected chi connectivity index (χ3v) is 3.55. The number of ether oxygens (including phenoxy) is 1. The number of nitrogens with one attached hydrogen (secondary N) is 1. The predicted octanol–water partition coefficient (Wildman–Crippen LogP) is -0.312. The van der Waals surface area contributed by atoms with Crippen LogP contribution in [0.4, 0.5) is 0 Å². The summed E-state index contributed by atoms with van der Waals surface area (Å²) in [7, 11) is 2.48. The molecule has 3 N–H and O–H groups in total. The van der Waals surface area contributed by atoms with Crippen LogP contribution >= 0.6 is 0 Å². The Hall–Kier alpha value is -3.36. The number of hydrogen-bond donors (Lipinski definition) is 3. The van der Waals surface area contributed by atoms with Crippen molar-refractivity contribution in [3.8, 4) is 11.6 Å². The lowest BCUT2D eigenvalue weighted by Gasteiger charge is -2.10. The summed E-state index contributed by atoms with van der Waals surface area (Å²) in [6.45, 7) is 0. The maximum atomic E-state index is 11.9. The van der Waals surface area contributed by atoms with Gasteiger partial charge in [-0.25, -0.2) is 9.59 Å². The van der Waals surface area contributed by atoms with Gasteiger partial charge in [-0.05, 0) is 17.7 Å². The van der Waals surface area contributed by atoms with Crippen molar-refractivity contribution in [1.29, 1.82) is 0 Å². The summed E-state index contributed by atoms with van der Waals surface area (Å²) < 4.78 is 5.54.